The van der Waals surface area contributed by atoms with E-state index in [1.165, 1.54) is 14.2 Å². The van der Waals surface area contributed by atoms with E-state index in [1.807, 2.05) is 25.1 Å². The zero-order chi connectivity index (χ0) is 21.7. The summed E-state index contributed by atoms with van der Waals surface area (Å²) in [4.78, 5) is 39.3. The molecule has 0 aliphatic carbocycles. The van der Waals surface area contributed by atoms with Gasteiger partial charge in [0.15, 0.2) is 11.5 Å². The lowest BCUT2D eigenvalue weighted by molar-refractivity contribution is -0.134. The first-order chi connectivity index (χ1) is 14.4. The molecule has 4 amide bonds. The standard InChI is InChI=1S/C22H25N3O5/c1-4-12-22(15-8-6-5-7-9-15)20(27)25(21(28)24-22)14-19(26)23-16-10-11-17(29-2)18(13-16)30-3/h5-11,13H,4,12,14H2,1-3H3,(H,23,26)(H,24,28)/t22-/m0/s1. The van der Waals surface area contributed by atoms with Crippen molar-refractivity contribution in [3.05, 3.63) is 54.1 Å². The Kier molecular flexibility index (Phi) is 6.25. The molecule has 158 valence electrons. The number of ether oxygens (including phenoxy) is 2. The van der Waals surface area contributed by atoms with Crippen LogP contribution in [0.4, 0.5) is 10.5 Å². The van der Waals surface area contributed by atoms with Crippen LogP contribution in [0.2, 0.25) is 0 Å². The highest BCUT2D eigenvalue weighted by Gasteiger charge is 2.52. The molecule has 2 N–H and O–H groups in total. The molecule has 1 heterocycles. The minimum absolute atomic E-state index is 0.392. The summed E-state index contributed by atoms with van der Waals surface area (Å²) < 4.78 is 10.4. The third-order valence-electron chi connectivity index (χ3n) is 5.04. The highest BCUT2D eigenvalue weighted by atomic mass is 16.5. The van der Waals surface area contributed by atoms with Gasteiger partial charge in [0.05, 0.1) is 14.2 Å². The number of carbonyl (C=O) groups excluding carboxylic acids is 3. The van der Waals surface area contributed by atoms with Crippen LogP contribution in [0.15, 0.2) is 48.5 Å². The van der Waals surface area contributed by atoms with Crippen molar-refractivity contribution in [2.75, 3.05) is 26.1 Å². The Morgan fingerprint density at radius 2 is 1.77 bits per heavy atom. The number of benzene rings is 2. The topological polar surface area (TPSA) is 97.0 Å². The molecule has 1 fully saturated rings. The monoisotopic (exact) mass is 411 g/mol. The predicted molar refractivity (Wildman–Crippen MR) is 111 cm³/mol. The van der Waals surface area contributed by atoms with Gasteiger partial charge >= 0.3 is 6.03 Å². The van der Waals surface area contributed by atoms with Crippen LogP contribution in [0.5, 0.6) is 11.5 Å². The Bertz CT molecular complexity index is 947. The second-order valence-electron chi connectivity index (χ2n) is 6.96. The largest absolute Gasteiger partial charge is 0.493 e. The first-order valence-electron chi connectivity index (χ1n) is 9.66. The number of anilines is 1. The average Bonchev–Trinajstić information content (AvgIpc) is 2.99. The third kappa shape index (κ3) is 3.94. The molecule has 1 saturated heterocycles. The fourth-order valence-corrected chi connectivity index (χ4v) is 3.63. The molecule has 0 aromatic heterocycles. The number of amides is 4. The number of urea groups is 1. The van der Waals surface area contributed by atoms with E-state index in [2.05, 4.69) is 10.6 Å². The lowest BCUT2D eigenvalue weighted by Crippen LogP contribution is -2.44. The van der Waals surface area contributed by atoms with Crippen molar-refractivity contribution in [3.8, 4) is 11.5 Å². The Hall–Kier alpha value is -3.55. The van der Waals surface area contributed by atoms with Gasteiger partial charge in [-0.25, -0.2) is 4.79 Å². The summed E-state index contributed by atoms with van der Waals surface area (Å²) in [7, 11) is 3.01. The minimum Gasteiger partial charge on any atom is -0.493 e. The van der Waals surface area contributed by atoms with E-state index >= 15 is 0 Å². The van der Waals surface area contributed by atoms with Crippen molar-refractivity contribution in [2.45, 2.75) is 25.3 Å². The number of nitrogens with one attached hydrogen (secondary N) is 2. The van der Waals surface area contributed by atoms with Crippen molar-refractivity contribution in [1.82, 2.24) is 10.2 Å². The summed E-state index contributed by atoms with van der Waals surface area (Å²) in [5, 5.41) is 5.49. The van der Waals surface area contributed by atoms with Gasteiger partial charge in [-0.15, -0.1) is 0 Å². The SMILES string of the molecule is CCC[C@@]1(c2ccccc2)NC(=O)N(CC(=O)Nc2ccc(OC)c(OC)c2)C1=O. The van der Waals surface area contributed by atoms with Crippen LogP contribution in [0, 0.1) is 0 Å². The highest BCUT2D eigenvalue weighted by molar-refractivity contribution is 6.10. The molecule has 30 heavy (non-hydrogen) atoms. The van der Waals surface area contributed by atoms with E-state index in [4.69, 9.17) is 9.47 Å². The van der Waals surface area contributed by atoms with E-state index in [0.29, 0.717) is 35.6 Å². The maximum atomic E-state index is 13.2. The van der Waals surface area contributed by atoms with E-state index in [-0.39, 0.29) is 0 Å². The lowest BCUT2D eigenvalue weighted by atomic mass is 9.85. The third-order valence-corrected chi connectivity index (χ3v) is 5.04. The Balaban J connectivity index is 1.77. The zero-order valence-electron chi connectivity index (χ0n) is 17.2. The number of hydrogen-bond acceptors (Lipinski definition) is 5. The normalized spacial score (nSPS) is 18.2. The summed E-state index contributed by atoms with van der Waals surface area (Å²) in [6.07, 6.45) is 1.13. The molecular formula is C22H25N3O5. The van der Waals surface area contributed by atoms with E-state index in [9.17, 15) is 14.4 Å². The molecular weight excluding hydrogens is 386 g/mol. The first-order valence-corrected chi connectivity index (χ1v) is 9.66. The predicted octanol–water partition coefficient (Wildman–Crippen LogP) is 2.89. The van der Waals surface area contributed by atoms with Crippen LogP contribution >= 0.6 is 0 Å². The summed E-state index contributed by atoms with van der Waals surface area (Å²) in [5.41, 5.74) is 0.0112. The van der Waals surface area contributed by atoms with Gasteiger partial charge < -0.3 is 20.1 Å². The van der Waals surface area contributed by atoms with Crippen molar-refractivity contribution >= 4 is 23.5 Å². The maximum absolute atomic E-state index is 13.2. The number of nitrogens with zero attached hydrogens (tertiary/aromatic N) is 1. The molecule has 3 rings (SSSR count). The average molecular weight is 411 g/mol. The molecule has 2 aromatic carbocycles. The van der Waals surface area contributed by atoms with Crippen molar-refractivity contribution in [2.24, 2.45) is 0 Å². The summed E-state index contributed by atoms with van der Waals surface area (Å²) in [5.74, 6) is 0.0576. The van der Waals surface area contributed by atoms with Gasteiger partial charge in [0.1, 0.15) is 12.1 Å². The molecule has 8 heteroatoms. The second-order valence-corrected chi connectivity index (χ2v) is 6.96. The number of carbonyl (C=O) groups is 3. The summed E-state index contributed by atoms with van der Waals surface area (Å²) >= 11 is 0. The smallest absolute Gasteiger partial charge is 0.325 e. The lowest BCUT2D eigenvalue weighted by Gasteiger charge is -2.26. The summed E-state index contributed by atoms with van der Waals surface area (Å²) in [6.45, 7) is 1.55. The quantitative estimate of drug-likeness (QED) is 0.651. The van der Waals surface area contributed by atoms with Gasteiger partial charge in [-0.3, -0.25) is 14.5 Å². The maximum Gasteiger partial charge on any atom is 0.325 e. The van der Waals surface area contributed by atoms with Crippen LogP contribution in [-0.2, 0) is 15.1 Å². The van der Waals surface area contributed by atoms with Gasteiger partial charge in [-0.2, -0.15) is 0 Å². The van der Waals surface area contributed by atoms with E-state index in [0.717, 1.165) is 4.90 Å². The molecule has 0 saturated carbocycles. The van der Waals surface area contributed by atoms with Crippen molar-refractivity contribution in [1.29, 1.82) is 0 Å². The van der Waals surface area contributed by atoms with Gasteiger partial charge in [0, 0.05) is 11.8 Å². The van der Waals surface area contributed by atoms with Crippen LogP contribution < -0.4 is 20.1 Å². The molecule has 0 spiro atoms. The molecule has 1 aliphatic rings. The Morgan fingerprint density at radius 3 is 2.40 bits per heavy atom. The van der Waals surface area contributed by atoms with Crippen LogP contribution in [0.1, 0.15) is 25.3 Å². The second kappa shape index (κ2) is 8.86. The zero-order valence-corrected chi connectivity index (χ0v) is 17.2. The molecule has 2 aromatic rings. The van der Waals surface area contributed by atoms with E-state index in [1.54, 1.807) is 30.3 Å². The molecule has 0 radical (unpaired) electrons. The van der Waals surface area contributed by atoms with Crippen LogP contribution in [0.25, 0.3) is 0 Å². The van der Waals surface area contributed by atoms with Crippen LogP contribution in [0.3, 0.4) is 0 Å². The minimum atomic E-state index is -1.16. The molecule has 0 unspecified atom stereocenters. The van der Waals surface area contributed by atoms with Gasteiger partial charge in [-0.1, -0.05) is 43.7 Å². The first kappa shape index (κ1) is 21.2. The highest BCUT2D eigenvalue weighted by Crippen LogP contribution is 2.34. The number of rotatable bonds is 8. The molecule has 0 bridgehead atoms. The molecule has 1 aliphatic heterocycles. The number of imide groups is 1. The fourth-order valence-electron chi connectivity index (χ4n) is 3.63. The number of hydrogen-bond donors (Lipinski definition) is 2. The van der Waals surface area contributed by atoms with E-state index < -0.39 is 29.9 Å². The van der Waals surface area contributed by atoms with Crippen molar-refractivity contribution < 1.29 is 23.9 Å². The van der Waals surface area contributed by atoms with Crippen LogP contribution in [-0.4, -0.2) is 43.5 Å². The number of methoxy groups -OCH3 is 2. The molecule has 1 atom stereocenters. The molecule has 8 nitrogen and oxygen atoms in total. The van der Waals surface area contributed by atoms with Gasteiger partial charge in [0.2, 0.25) is 5.91 Å². The van der Waals surface area contributed by atoms with Gasteiger partial charge in [0.25, 0.3) is 5.91 Å². The van der Waals surface area contributed by atoms with Gasteiger partial charge in [-0.05, 0) is 24.1 Å². The fraction of sp³-hybridized carbons (Fsp3) is 0.318. The summed E-state index contributed by atoms with van der Waals surface area (Å²) in [6, 6.07) is 13.4. The van der Waals surface area contributed by atoms with Crippen molar-refractivity contribution in [3.63, 3.8) is 0 Å². The Morgan fingerprint density at radius 1 is 1.07 bits per heavy atom. The Labute approximate surface area is 175 Å².